The van der Waals surface area contributed by atoms with Crippen molar-refractivity contribution in [2.24, 2.45) is 0 Å². The minimum atomic E-state index is -6.41. The molecule has 1 atom stereocenters. The lowest BCUT2D eigenvalue weighted by molar-refractivity contribution is -0.350. The Morgan fingerprint density at radius 3 is 1.70 bits per heavy atom. The molecule has 0 fully saturated rings. The van der Waals surface area contributed by atoms with E-state index in [9.17, 15) is 66.7 Å². The Hall–Kier alpha value is -1.92. The fourth-order valence-electron chi connectivity index (χ4n) is 1.63. The smallest absolute Gasteiger partial charge is 0.412 e. The first-order chi connectivity index (χ1) is 14.4. The highest BCUT2D eigenvalue weighted by Gasteiger charge is 2.67. The summed E-state index contributed by atoms with van der Waals surface area (Å²) >= 11 is 2.20. The lowest BCUT2D eigenvalue weighted by atomic mass is 10.2. The van der Waals surface area contributed by atoms with Crippen LogP contribution in [-0.2, 0) is 19.1 Å². The maximum absolute atomic E-state index is 13.5. The predicted octanol–water partition coefficient (Wildman–Crippen LogP) is 4.54. The average molecular weight is 537 g/mol. The fraction of sp³-hybridized carbons (Fsp3) is 0.714. The largest absolute Gasteiger partial charge is 0.466 e. The van der Waals surface area contributed by atoms with E-state index in [0.717, 1.165) is 5.32 Å². The van der Waals surface area contributed by atoms with E-state index in [4.69, 9.17) is 0 Å². The molecule has 5 nitrogen and oxygen atoms in total. The van der Waals surface area contributed by atoms with Crippen molar-refractivity contribution in [2.75, 3.05) is 13.2 Å². The Kier molecular flexibility index (Phi) is 9.55. The molecular weight excluding hydrogens is 525 g/mol. The molecule has 194 valence electrons. The van der Waals surface area contributed by atoms with Crippen LogP contribution in [0.1, 0.15) is 12.8 Å². The molecule has 19 heteroatoms. The van der Waals surface area contributed by atoms with E-state index in [1.165, 1.54) is 0 Å². The molecule has 1 N–H and O–H groups in total. The Morgan fingerprint density at radius 2 is 1.33 bits per heavy atom. The Bertz CT molecular complexity index is 727. The van der Waals surface area contributed by atoms with Gasteiger partial charge in [0.05, 0.1) is 13.0 Å². The Balaban J connectivity index is 6.09. The van der Waals surface area contributed by atoms with Gasteiger partial charge in [0.1, 0.15) is 5.57 Å². The number of esters is 1. The summed E-state index contributed by atoms with van der Waals surface area (Å²) in [4.78, 5) is 23.3. The van der Waals surface area contributed by atoms with E-state index < -0.39 is 78.9 Å². The lowest BCUT2D eigenvalue weighted by Crippen LogP contribution is -2.62. The summed E-state index contributed by atoms with van der Waals surface area (Å²) in [6.07, 6.45) is -21.5. The van der Waals surface area contributed by atoms with Crippen molar-refractivity contribution in [3.63, 3.8) is 0 Å². The van der Waals surface area contributed by atoms with Crippen LogP contribution in [-0.4, -0.2) is 60.5 Å². The number of hydrogen-bond acceptors (Lipinski definition) is 5. The summed E-state index contributed by atoms with van der Waals surface area (Å²) in [5.41, 5.74) is -2.66. The predicted molar refractivity (Wildman–Crippen MR) is 83.2 cm³/mol. The van der Waals surface area contributed by atoms with Crippen LogP contribution >= 0.6 is 12.6 Å². The van der Waals surface area contributed by atoms with E-state index in [-0.39, 0.29) is 0 Å². The highest BCUT2D eigenvalue weighted by molar-refractivity contribution is 7.81. The van der Waals surface area contributed by atoms with Crippen LogP contribution in [0.5, 0.6) is 0 Å². The topological polar surface area (TPSA) is 64.6 Å². The lowest BCUT2D eigenvalue weighted by Gasteiger charge is -2.34. The maximum atomic E-state index is 13.5. The zero-order chi connectivity index (χ0) is 26.7. The Labute approximate surface area is 180 Å². The monoisotopic (exact) mass is 537 g/mol. The molecule has 0 rings (SSSR count). The van der Waals surface area contributed by atoms with Crippen LogP contribution in [0, 0.1) is 0 Å². The van der Waals surface area contributed by atoms with E-state index in [1.807, 2.05) is 0 Å². The van der Waals surface area contributed by atoms with Gasteiger partial charge in [-0.3, -0.25) is 4.79 Å². The van der Waals surface area contributed by atoms with Crippen molar-refractivity contribution in [3.05, 3.63) is 12.2 Å². The number of amides is 1. The first-order valence-corrected chi connectivity index (χ1v) is 8.35. The van der Waals surface area contributed by atoms with Crippen molar-refractivity contribution in [3.8, 4) is 0 Å². The quantitative estimate of drug-likeness (QED) is 0.141. The number of hydrogen-bond donors (Lipinski definition) is 2. The molecule has 0 aromatic carbocycles. The summed E-state index contributed by atoms with van der Waals surface area (Å²) in [6, 6.07) is 0. The van der Waals surface area contributed by atoms with Crippen LogP contribution in [0.15, 0.2) is 12.2 Å². The van der Waals surface area contributed by atoms with E-state index >= 15 is 0 Å². The number of rotatable bonds is 10. The number of nitrogens with one attached hydrogen (secondary N) is 1. The summed E-state index contributed by atoms with van der Waals surface area (Å²) < 4.78 is 173. The molecule has 0 saturated carbocycles. The second kappa shape index (κ2) is 10.1. The Morgan fingerprint density at radius 1 is 0.848 bits per heavy atom. The standard InChI is InChI=1S/C14H12F13NO4S/c1-6(12(20,21)22)7(29)32-11(13(23,24)25,8(30)28-4-2-10(17,18)19)31-5-3-9(15,16)14(26,27)33/h33H,1-5H2,(H,28,30). The second-order valence-corrected chi connectivity index (χ2v) is 6.51. The van der Waals surface area contributed by atoms with E-state index in [0.29, 0.717) is 0 Å². The number of halogens is 13. The van der Waals surface area contributed by atoms with Crippen molar-refractivity contribution < 1.29 is 76.1 Å². The van der Waals surface area contributed by atoms with Crippen LogP contribution in [0.3, 0.4) is 0 Å². The molecule has 0 bridgehead atoms. The summed E-state index contributed by atoms with van der Waals surface area (Å²) in [5.74, 6) is -16.4. The van der Waals surface area contributed by atoms with Gasteiger partial charge >= 0.3 is 47.4 Å². The van der Waals surface area contributed by atoms with Gasteiger partial charge in [-0.15, -0.1) is 0 Å². The highest BCUT2D eigenvalue weighted by atomic mass is 32.1. The van der Waals surface area contributed by atoms with Crippen LogP contribution < -0.4 is 5.32 Å². The fourth-order valence-corrected chi connectivity index (χ4v) is 1.74. The summed E-state index contributed by atoms with van der Waals surface area (Å²) in [7, 11) is 0. The van der Waals surface area contributed by atoms with E-state index in [2.05, 4.69) is 28.7 Å². The molecule has 0 aliphatic heterocycles. The average Bonchev–Trinajstić information content (AvgIpc) is 2.55. The van der Waals surface area contributed by atoms with Crippen molar-refractivity contribution >= 4 is 24.5 Å². The zero-order valence-electron chi connectivity index (χ0n) is 15.5. The van der Waals surface area contributed by atoms with Gasteiger partial charge in [-0.2, -0.15) is 57.1 Å². The summed E-state index contributed by atoms with van der Waals surface area (Å²) in [6.45, 7) is -1.82. The van der Waals surface area contributed by atoms with Crippen LogP contribution in [0.2, 0.25) is 0 Å². The van der Waals surface area contributed by atoms with Gasteiger partial charge in [0, 0.05) is 13.0 Å². The molecule has 0 aromatic rings. The van der Waals surface area contributed by atoms with E-state index in [1.54, 1.807) is 0 Å². The number of carbonyl (C=O) groups excluding carboxylic acids is 2. The van der Waals surface area contributed by atoms with Crippen LogP contribution in [0.4, 0.5) is 57.1 Å². The van der Waals surface area contributed by atoms with Gasteiger partial charge in [0.15, 0.2) is 0 Å². The molecule has 0 heterocycles. The van der Waals surface area contributed by atoms with Gasteiger partial charge in [-0.25, -0.2) is 4.79 Å². The van der Waals surface area contributed by atoms with Crippen LogP contribution in [0.25, 0.3) is 0 Å². The minimum absolute atomic E-state index is 0.905. The van der Waals surface area contributed by atoms with Gasteiger partial charge < -0.3 is 14.8 Å². The van der Waals surface area contributed by atoms with Gasteiger partial charge in [-0.05, 0) is 0 Å². The molecule has 0 aromatic heterocycles. The highest BCUT2D eigenvalue weighted by Crippen LogP contribution is 2.42. The first-order valence-electron chi connectivity index (χ1n) is 7.90. The van der Waals surface area contributed by atoms with Gasteiger partial charge in [-0.1, -0.05) is 19.2 Å². The van der Waals surface area contributed by atoms with Crippen molar-refractivity contribution in [1.29, 1.82) is 0 Å². The third-order valence-electron chi connectivity index (χ3n) is 3.35. The number of ether oxygens (including phenoxy) is 2. The molecule has 0 saturated heterocycles. The third-order valence-corrected chi connectivity index (χ3v) is 3.68. The molecule has 1 unspecified atom stereocenters. The third kappa shape index (κ3) is 8.74. The molecule has 0 aliphatic rings. The SMILES string of the molecule is C=C(C(=O)OC(OCCC(F)(F)C(F)(F)S)(C(=O)NCCC(F)(F)F)C(F)(F)F)C(F)(F)F. The van der Waals surface area contributed by atoms with Crippen molar-refractivity contribution in [2.45, 2.75) is 48.3 Å². The minimum Gasteiger partial charge on any atom is -0.412 e. The van der Waals surface area contributed by atoms with Crippen molar-refractivity contribution in [1.82, 2.24) is 5.32 Å². The number of thiol groups is 1. The molecule has 0 aliphatic carbocycles. The molecular formula is C14H12F13NO4S. The second-order valence-electron chi connectivity index (χ2n) is 5.95. The molecule has 1 amide bonds. The maximum Gasteiger partial charge on any atom is 0.466 e. The number of carbonyl (C=O) groups is 2. The molecule has 33 heavy (non-hydrogen) atoms. The van der Waals surface area contributed by atoms with Gasteiger partial charge in [0.2, 0.25) is 0 Å². The zero-order valence-corrected chi connectivity index (χ0v) is 16.4. The summed E-state index contributed by atoms with van der Waals surface area (Å²) in [5, 5.41) is -4.24. The molecule has 0 radical (unpaired) electrons. The normalized spacial score (nSPS) is 15.6. The first kappa shape index (κ1) is 31.1. The number of alkyl halides is 13. The molecule has 0 spiro atoms. The van der Waals surface area contributed by atoms with Gasteiger partial charge in [0.25, 0.3) is 0 Å².